The molecule has 0 atom stereocenters. The number of thiazole rings is 1. The fourth-order valence-corrected chi connectivity index (χ4v) is 4.78. The number of anilines is 1. The van der Waals surface area contributed by atoms with E-state index in [0.29, 0.717) is 17.7 Å². The van der Waals surface area contributed by atoms with Crippen molar-refractivity contribution in [2.75, 3.05) is 24.6 Å². The van der Waals surface area contributed by atoms with Crippen molar-refractivity contribution in [1.82, 2.24) is 0 Å². The van der Waals surface area contributed by atoms with Crippen LogP contribution in [0.3, 0.4) is 0 Å². The second-order valence-corrected chi connectivity index (χ2v) is 8.06. The number of fused-ring (bicyclic) bond motifs is 2. The first-order chi connectivity index (χ1) is 14.6. The van der Waals surface area contributed by atoms with Gasteiger partial charge in [-0.05, 0) is 44.2 Å². The molecule has 30 heavy (non-hydrogen) atoms. The number of hydrogen-bond donors (Lipinski definition) is 1. The van der Waals surface area contributed by atoms with Crippen LogP contribution in [-0.4, -0.2) is 24.8 Å². The maximum atomic E-state index is 12.6. The summed E-state index contributed by atoms with van der Waals surface area (Å²) in [5.74, 6) is 0. The highest BCUT2D eigenvalue weighted by Gasteiger charge is 2.17. The topological polar surface area (TPSA) is 57.6 Å². The standard InChI is InChI=1S/C24H25N2O3S/c1-3-25(4-2)19-11-9-17-15-18(24(28)29-21(17)16-19)10-12-23-26(13-14-27)20-7-5-6-8-22(20)30-23/h5-12,15-16,27H,3-4,13-14H2,1-2H3/q+1. The Kier molecular flexibility index (Phi) is 5.97. The molecule has 6 heteroatoms. The van der Waals surface area contributed by atoms with Crippen LogP contribution in [0, 0.1) is 0 Å². The van der Waals surface area contributed by atoms with Crippen LogP contribution in [0.25, 0.3) is 33.3 Å². The first-order valence-electron chi connectivity index (χ1n) is 10.2. The predicted octanol–water partition coefficient (Wildman–Crippen LogP) is 4.30. The van der Waals surface area contributed by atoms with E-state index in [4.69, 9.17) is 4.42 Å². The highest BCUT2D eigenvalue weighted by Crippen LogP contribution is 2.24. The summed E-state index contributed by atoms with van der Waals surface area (Å²) in [6, 6.07) is 15.9. The summed E-state index contributed by atoms with van der Waals surface area (Å²) in [5, 5.41) is 11.3. The summed E-state index contributed by atoms with van der Waals surface area (Å²) in [4.78, 5) is 14.8. The minimum atomic E-state index is -0.356. The molecule has 0 aliphatic heterocycles. The third-order valence-corrected chi connectivity index (χ3v) is 6.37. The van der Waals surface area contributed by atoms with Crippen LogP contribution in [0.1, 0.15) is 24.4 Å². The maximum absolute atomic E-state index is 12.6. The van der Waals surface area contributed by atoms with Gasteiger partial charge < -0.3 is 14.4 Å². The average Bonchev–Trinajstić information content (AvgIpc) is 3.11. The normalized spacial score (nSPS) is 11.7. The summed E-state index contributed by atoms with van der Waals surface area (Å²) in [5.41, 5.74) is 2.87. The molecule has 154 valence electrons. The lowest BCUT2D eigenvalue weighted by Gasteiger charge is -2.20. The van der Waals surface area contributed by atoms with Gasteiger partial charge >= 0.3 is 5.63 Å². The van der Waals surface area contributed by atoms with E-state index >= 15 is 0 Å². The van der Waals surface area contributed by atoms with Crippen LogP contribution in [0.4, 0.5) is 5.69 Å². The van der Waals surface area contributed by atoms with E-state index in [0.717, 1.165) is 39.4 Å². The lowest BCUT2D eigenvalue weighted by atomic mass is 10.1. The van der Waals surface area contributed by atoms with E-state index in [1.807, 2.05) is 42.5 Å². The van der Waals surface area contributed by atoms with E-state index in [1.165, 1.54) is 0 Å². The first kappa shape index (κ1) is 20.3. The Morgan fingerprint density at radius 2 is 1.90 bits per heavy atom. The summed E-state index contributed by atoms with van der Waals surface area (Å²) in [7, 11) is 0. The minimum Gasteiger partial charge on any atom is -0.422 e. The van der Waals surface area contributed by atoms with Gasteiger partial charge in [0.2, 0.25) is 5.52 Å². The van der Waals surface area contributed by atoms with Crippen molar-refractivity contribution in [3.8, 4) is 0 Å². The largest absolute Gasteiger partial charge is 0.422 e. The summed E-state index contributed by atoms with van der Waals surface area (Å²) < 4.78 is 8.82. The molecule has 2 aromatic heterocycles. The van der Waals surface area contributed by atoms with Crippen LogP contribution >= 0.6 is 11.3 Å². The SMILES string of the molecule is CCN(CC)c1ccc2cc(/C=C/c3sc4ccccc4[n+]3CCO)c(=O)oc2c1. The van der Waals surface area contributed by atoms with E-state index in [2.05, 4.69) is 35.4 Å². The quantitative estimate of drug-likeness (QED) is 0.357. The van der Waals surface area contributed by atoms with Gasteiger partial charge in [0.05, 0.1) is 5.56 Å². The predicted molar refractivity (Wildman–Crippen MR) is 124 cm³/mol. The van der Waals surface area contributed by atoms with E-state index in [1.54, 1.807) is 17.4 Å². The molecule has 0 aliphatic rings. The van der Waals surface area contributed by atoms with Crippen molar-refractivity contribution >= 4 is 50.4 Å². The van der Waals surface area contributed by atoms with Gasteiger partial charge in [-0.15, -0.1) is 0 Å². The Balaban J connectivity index is 1.72. The molecule has 5 nitrogen and oxygen atoms in total. The third-order valence-electron chi connectivity index (χ3n) is 5.24. The van der Waals surface area contributed by atoms with Crippen LogP contribution in [0.15, 0.2) is 57.7 Å². The molecule has 0 amide bonds. The Morgan fingerprint density at radius 3 is 2.67 bits per heavy atom. The third kappa shape index (κ3) is 3.88. The van der Waals surface area contributed by atoms with Crippen molar-refractivity contribution in [3.05, 3.63) is 69.5 Å². The van der Waals surface area contributed by atoms with Crippen molar-refractivity contribution in [2.24, 2.45) is 0 Å². The van der Waals surface area contributed by atoms with Gasteiger partial charge in [-0.2, -0.15) is 4.57 Å². The molecule has 0 fully saturated rings. The molecule has 0 saturated carbocycles. The highest BCUT2D eigenvalue weighted by atomic mass is 32.1. The maximum Gasteiger partial charge on any atom is 0.343 e. The van der Waals surface area contributed by atoms with Gasteiger partial charge in [0.15, 0.2) is 6.54 Å². The molecule has 2 heterocycles. The number of benzene rings is 2. The first-order valence-corrected chi connectivity index (χ1v) is 11.0. The molecule has 1 N–H and O–H groups in total. The zero-order chi connectivity index (χ0) is 21.1. The number of rotatable bonds is 7. The number of aliphatic hydroxyl groups is 1. The summed E-state index contributed by atoms with van der Waals surface area (Å²) in [6.45, 7) is 6.57. The minimum absolute atomic E-state index is 0.0548. The number of aromatic nitrogens is 1. The second-order valence-electron chi connectivity index (χ2n) is 7.00. The number of aliphatic hydroxyl groups excluding tert-OH is 1. The summed E-state index contributed by atoms with van der Waals surface area (Å²) in [6.07, 6.45) is 3.71. The molecule has 4 rings (SSSR count). The van der Waals surface area contributed by atoms with E-state index in [9.17, 15) is 9.90 Å². The number of hydrogen-bond acceptors (Lipinski definition) is 5. The van der Waals surface area contributed by atoms with Crippen molar-refractivity contribution in [2.45, 2.75) is 20.4 Å². The average molecular weight is 422 g/mol. The Morgan fingerprint density at radius 1 is 1.10 bits per heavy atom. The molecule has 0 aliphatic carbocycles. The number of para-hydroxylation sites is 1. The Hall–Kier alpha value is -2.96. The smallest absolute Gasteiger partial charge is 0.343 e. The lowest BCUT2D eigenvalue weighted by Crippen LogP contribution is -2.36. The fraction of sp³-hybridized carbons (Fsp3) is 0.250. The summed E-state index contributed by atoms with van der Waals surface area (Å²) >= 11 is 1.63. The molecule has 0 radical (unpaired) electrons. The molecular weight excluding hydrogens is 396 g/mol. The lowest BCUT2D eigenvalue weighted by molar-refractivity contribution is -0.670. The molecule has 0 spiro atoms. The van der Waals surface area contributed by atoms with Crippen molar-refractivity contribution in [1.29, 1.82) is 0 Å². The second kappa shape index (κ2) is 8.81. The van der Waals surface area contributed by atoms with Crippen LogP contribution in [-0.2, 0) is 6.54 Å². The molecule has 2 aromatic carbocycles. The van der Waals surface area contributed by atoms with Crippen LogP contribution in [0.5, 0.6) is 0 Å². The van der Waals surface area contributed by atoms with Gasteiger partial charge in [0.1, 0.15) is 16.9 Å². The van der Waals surface area contributed by atoms with Gasteiger partial charge in [-0.3, -0.25) is 0 Å². The molecular formula is C24H25N2O3S+. The molecule has 0 saturated heterocycles. The van der Waals surface area contributed by atoms with Crippen molar-refractivity contribution in [3.63, 3.8) is 0 Å². The Labute approximate surface area is 179 Å². The molecule has 0 unspecified atom stereocenters. The van der Waals surface area contributed by atoms with Crippen molar-refractivity contribution < 1.29 is 14.1 Å². The van der Waals surface area contributed by atoms with Crippen LogP contribution in [0.2, 0.25) is 0 Å². The highest BCUT2D eigenvalue weighted by molar-refractivity contribution is 7.18. The zero-order valence-electron chi connectivity index (χ0n) is 17.2. The van der Waals surface area contributed by atoms with Gasteiger partial charge in [-0.1, -0.05) is 23.5 Å². The Bertz CT molecular complexity index is 1270. The fourth-order valence-electron chi connectivity index (χ4n) is 3.69. The van der Waals surface area contributed by atoms with E-state index < -0.39 is 0 Å². The van der Waals surface area contributed by atoms with Gasteiger partial charge in [0.25, 0.3) is 5.01 Å². The van der Waals surface area contributed by atoms with Gasteiger partial charge in [0, 0.05) is 42.4 Å². The molecule has 4 aromatic rings. The van der Waals surface area contributed by atoms with Crippen LogP contribution < -0.4 is 15.1 Å². The number of nitrogens with zero attached hydrogens (tertiary/aromatic N) is 2. The monoisotopic (exact) mass is 421 g/mol. The molecule has 0 bridgehead atoms. The van der Waals surface area contributed by atoms with Gasteiger partial charge in [-0.25, -0.2) is 4.79 Å². The zero-order valence-corrected chi connectivity index (χ0v) is 18.0. The van der Waals surface area contributed by atoms with E-state index in [-0.39, 0.29) is 12.2 Å².